The van der Waals surface area contributed by atoms with Gasteiger partial charge in [0.2, 0.25) is 0 Å². The summed E-state index contributed by atoms with van der Waals surface area (Å²) >= 11 is 0. The first kappa shape index (κ1) is 13.2. The van der Waals surface area contributed by atoms with E-state index in [9.17, 15) is 18.4 Å². The van der Waals surface area contributed by atoms with E-state index in [1.165, 1.54) is 0 Å². The molecule has 2 heterocycles. The maximum atomic E-state index is 13.6. The smallest absolute Gasteiger partial charge is 0.299 e. The zero-order valence-electron chi connectivity index (χ0n) is 10.7. The third kappa shape index (κ3) is 2.10. The van der Waals surface area contributed by atoms with Gasteiger partial charge in [-0.1, -0.05) is 0 Å². The molecular formula is C14H13F2NO3. The number of fused-ring (bicyclic) bond motifs is 1. The molecule has 0 N–H and O–H groups in total. The lowest BCUT2D eigenvalue weighted by Gasteiger charge is -2.18. The molecule has 2 aliphatic rings. The fourth-order valence-corrected chi connectivity index (χ4v) is 2.70. The summed E-state index contributed by atoms with van der Waals surface area (Å²) in [4.78, 5) is 24.8. The molecule has 20 heavy (non-hydrogen) atoms. The van der Waals surface area contributed by atoms with Crippen LogP contribution in [0.5, 0.6) is 0 Å². The van der Waals surface area contributed by atoms with Crippen LogP contribution in [0.3, 0.4) is 0 Å². The van der Waals surface area contributed by atoms with E-state index in [1.54, 1.807) is 0 Å². The quantitative estimate of drug-likeness (QED) is 0.797. The number of benzene rings is 1. The zero-order valence-corrected chi connectivity index (χ0v) is 10.7. The highest BCUT2D eigenvalue weighted by Crippen LogP contribution is 2.32. The molecule has 0 aliphatic carbocycles. The van der Waals surface area contributed by atoms with E-state index in [1.807, 2.05) is 0 Å². The Morgan fingerprint density at radius 1 is 1.30 bits per heavy atom. The van der Waals surface area contributed by atoms with Crippen molar-refractivity contribution in [1.29, 1.82) is 0 Å². The lowest BCUT2D eigenvalue weighted by molar-refractivity contribution is -0.114. The van der Waals surface area contributed by atoms with Crippen LogP contribution in [-0.4, -0.2) is 30.9 Å². The minimum absolute atomic E-state index is 0.0236. The maximum Gasteiger partial charge on any atom is 0.299 e. The van der Waals surface area contributed by atoms with Crippen molar-refractivity contribution >= 4 is 17.4 Å². The van der Waals surface area contributed by atoms with Gasteiger partial charge in [-0.15, -0.1) is 0 Å². The van der Waals surface area contributed by atoms with Crippen molar-refractivity contribution in [1.82, 2.24) is 0 Å². The molecule has 106 valence electrons. The van der Waals surface area contributed by atoms with Gasteiger partial charge in [0.1, 0.15) is 11.6 Å². The Hall–Kier alpha value is -1.82. The van der Waals surface area contributed by atoms with Gasteiger partial charge < -0.3 is 9.64 Å². The van der Waals surface area contributed by atoms with E-state index in [2.05, 4.69) is 0 Å². The Bertz CT molecular complexity index is 582. The van der Waals surface area contributed by atoms with Crippen molar-refractivity contribution in [3.8, 4) is 0 Å². The van der Waals surface area contributed by atoms with Crippen LogP contribution in [0.25, 0.3) is 0 Å². The third-order valence-corrected chi connectivity index (χ3v) is 3.69. The Morgan fingerprint density at radius 2 is 2.10 bits per heavy atom. The number of carbonyl (C=O) groups is 2. The molecule has 2 aliphatic heterocycles. The number of anilines is 1. The number of rotatable bonds is 3. The molecule has 0 saturated carbocycles. The second-order valence-electron chi connectivity index (χ2n) is 4.99. The van der Waals surface area contributed by atoms with E-state index >= 15 is 0 Å². The van der Waals surface area contributed by atoms with Gasteiger partial charge in [0.05, 0.1) is 17.4 Å². The summed E-state index contributed by atoms with van der Waals surface area (Å²) < 4.78 is 32.3. The lowest BCUT2D eigenvalue weighted by atomic mass is 10.1. The second-order valence-corrected chi connectivity index (χ2v) is 4.99. The van der Waals surface area contributed by atoms with E-state index in [0.29, 0.717) is 19.1 Å². The van der Waals surface area contributed by atoms with Crippen LogP contribution in [0, 0.1) is 11.6 Å². The van der Waals surface area contributed by atoms with Crippen molar-refractivity contribution in [2.45, 2.75) is 25.4 Å². The summed E-state index contributed by atoms with van der Waals surface area (Å²) in [6.07, 6.45) is 2.47. The van der Waals surface area contributed by atoms with Crippen LogP contribution in [0.2, 0.25) is 0 Å². The summed E-state index contributed by atoms with van der Waals surface area (Å²) in [7, 11) is 0. The Morgan fingerprint density at radius 3 is 2.80 bits per heavy atom. The molecule has 0 bridgehead atoms. The van der Waals surface area contributed by atoms with Crippen LogP contribution in [0.1, 0.15) is 29.6 Å². The molecule has 0 radical (unpaired) electrons. The summed E-state index contributed by atoms with van der Waals surface area (Å²) in [5.74, 6) is -3.50. The van der Waals surface area contributed by atoms with Crippen LogP contribution >= 0.6 is 0 Å². The normalized spacial score (nSPS) is 21.7. The molecule has 0 spiro atoms. The van der Waals surface area contributed by atoms with Gasteiger partial charge in [-0.3, -0.25) is 9.59 Å². The Labute approximate surface area is 114 Å². The number of amides is 1. The number of nitrogens with zero attached hydrogens (tertiary/aromatic N) is 1. The molecule has 1 aromatic rings. The Balaban J connectivity index is 1.85. The van der Waals surface area contributed by atoms with Gasteiger partial charge in [-0.05, 0) is 25.3 Å². The van der Waals surface area contributed by atoms with E-state index in [0.717, 1.165) is 23.8 Å². The van der Waals surface area contributed by atoms with E-state index < -0.39 is 23.3 Å². The number of ketones is 1. The molecule has 3 rings (SSSR count). The average Bonchev–Trinajstić information content (AvgIpc) is 2.97. The number of ether oxygens (including phenoxy) is 1. The molecule has 1 unspecified atom stereocenters. The van der Waals surface area contributed by atoms with Crippen molar-refractivity contribution in [2.24, 2.45) is 0 Å². The Kier molecular flexibility index (Phi) is 3.25. The minimum Gasteiger partial charge on any atom is -0.378 e. The SMILES string of the molecule is O=C1C(=O)N(CCC2CCCO2)c2cc(F)cc(F)c21. The monoisotopic (exact) mass is 281 g/mol. The molecule has 1 aromatic carbocycles. The van der Waals surface area contributed by atoms with Crippen LogP contribution in [0.15, 0.2) is 12.1 Å². The van der Waals surface area contributed by atoms with Gasteiger partial charge in [0, 0.05) is 19.2 Å². The fraction of sp³-hybridized carbons (Fsp3) is 0.429. The summed E-state index contributed by atoms with van der Waals surface area (Å²) in [5.41, 5.74) is -0.306. The number of hydrogen-bond donors (Lipinski definition) is 0. The molecule has 1 fully saturated rings. The first-order chi connectivity index (χ1) is 9.58. The molecule has 6 heteroatoms. The summed E-state index contributed by atoms with van der Waals surface area (Å²) in [6, 6.07) is 1.64. The first-order valence-corrected chi connectivity index (χ1v) is 6.55. The van der Waals surface area contributed by atoms with Gasteiger partial charge in [0.15, 0.2) is 0 Å². The van der Waals surface area contributed by atoms with Crippen LogP contribution in [-0.2, 0) is 9.53 Å². The minimum atomic E-state index is -0.988. The largest absolute Gasteiger partial charge is 0.378 e. The fourth-order valence-electron chi connectivity index (χ4n) is 2.70. The predicted molar refractivity (Wildman–Crippen MR) is 66.6 cm³/mol. The van der Waals surface area contributed by atoms with E-state index in [4.69, 9.17) is 4.74 Å². The van der Waals surface area contributed by atoms with Gasteiger partial charge in [0.25, 0.3) is 11.7 Å². The standard InChI is InChI=1S/C14H13F2NO3/c15-8-6-10(16)12-11(7-8)17(14(19)13(12)18)4-3-9-2-1-5-20-9/h6-7,9H,1-5H2. The summed E-state index contributed by atoms with van der Waals surface area (Å²) in [5, 5.41) is 0. The van der Waals surface area contributed by atoms with Crippen molar-refractivity contribution in [3.05, 3.63) is 29.3 Å². The number of halogens is 2. The van der Waals surface area contributed by atoms with Crippen LogP contribution in [0.4, 0.5) is 14.5 Å². The van der Waals surface area contributed by atoms with Gasteiger partial charge in [-0.2, -0.15) is 0 Å². The highest BCUT2D eigenvalue weighted by Gasteiger charge is 2.39. The molecule has 1 saturated heterocycles. The topological polar surface area (TPSA) is 46.6 Å². The van der Waals surface area contributed by atoms with Gasteiger partial charge in [-0.25, -0.2) is 8.78 Å². The highest BCUT2D eigenvalue weighted by molar-refractivity contribution is 6.52. The van der Waals surface area contributed by atoms with Crippen molar-refractivity contribution in [2.75, 3.05) is 18.1 Å². The van der Waals surface area contributed by atoms with Crippen LogP contribution < -0.4 is 4.90 Å². The predicted octanol–water partition coefficient (Wildman–Crippen LogP) is 2.06. The van der Waals surface area contributed by atoms with Crippen molar-refractivity contribution < 1.29 is 23.1 Å². The first-order valence-electron chi connectivity index (χ1n) is 6.55. The molecule has 4 nitrogen and oxygen atoms in total. The summed E-state index contributed by atoms with van der Waals surface area (Å²) in [6.45, 7) is 0.919. The second kappa shape index (κ2) is 4.94. The van der Waals surface area contributed by atoms with Gasteiger partial charge >= 0.3 is 0 Å². The molecule has 0 aromatic heterocycles. The zero-order chi connectivity index (χ0) is 14.3. The molecule has 1 atom stereocenters. The van der Waals surface area contributed by atoms with Crippen molar-refractivity contribution in [3.63, 3.8) is 0 Å². The molecule has 1 amide bonds. The lowest BCUT2D eigenvalue weighted by Crippen LogP contribution is -2.32. The molecular weight excluding hydrogens is 268 g/mol. The number of Topliss-reactive ketones (excluding diaryl/α,β-unsaturated/α-hetero) is 1. The highest BCUT2D eigenvalue weighted by atomic mass is 19.1. The number of hydrogen-bond acceptors (Lipinski definition) is 3. The maximum absolute atomic E-state index is 13.6. The third-order valence-electron chi connectivity index (χ3n) is 3.69. The number of carbonyl (C=O) groups excluding carboxylic acids is 2. The van der Waals surface area contributed by atoms with E-state index in [-0.39, 0.29) is 23.9 Å². The average molecular weight is 281 g/mol.